The molecule has 0 saturated heterocycles. The molecule has 0 spiro atoms. The van der Waals surface area contributed by atoms with Gasteiger partial charge in [0.05, 0.1) is 16.1 Å². The van der Waals surface area contributed by atoms with Gasteiger partial charge in [-0.3, -0.25) is 4.98 Å². The van der Waals surface area contributed by atoms with Crippen molar-refractivity contribution in [3.63, 3.8) is 0 Å². The minimum Gasteiger partial charge on any atom is -0.744 e. The van der Waals surface area contributed by atoms with E-state index in [1.807, 2.05) is 0 Å². The van der Waals surface area contributed by atoms with Gasteiger partial charge in [0, 0.05) is 18.1 Å². The largest absolute Gasteiger partial charge is 0.744 e. The number of aromatic nitrogens is 1. The van der Waals surface area contributed by atoms with E-state index in [1.165, 1.54) is 18.3 Å². The summed E-state index contributed by atoms with van der Waals surface area (Å²) < 4.78 is 70.9. The quantitative estimate of drug-likeness (QED) is 0.880. The molecular weight excluding hydrogens is 309 g/mol. The number of halogens is 3. The van der Waals surface area contributed by atoms with Crippen molar-refractivity contribution in [3.8, 4) is 0 Å². The number of nitrogens with zero attached hydrogens (tertiary/aromatic N) is 1. The van der Waals surface area contributed by atoms with Gasteiger partial charge in [-0.25, -0.2) is 8.42 Å². The molecule has 0 aliphatic carbocycles. The van der Waals surface area contributed by atoms with Crippen molar-refractivity contribution >= 4 is 21.5 Å². The zero-order valence-corrected chi connectivity index (χ0v) is 11.1. The predicted octanol–water partition coefficient (Wildman–Crippen LogP) is 2.75. The number of alkyl halides is 3. The summed E-state index contributed by atoms with van der Waals surface area (Å²) in [6, 6.07) is 5.35. The molecule has 0 saturated carbocycles. The molecule has 0 fully saturated rings. The van der Waals surface area contributed by atoms with Gasteiger partial charge in [-0.15, -0.1) is 0 Å². The molecule has 0 atom stereocenters. The van der Waals surface area contributed by atoms with E-state index in [4.69, 9.17) is 0 Å². The van der Waals surface area contributed by atoms with Crippen LogP contribution in [0.4, 0.5) is 24.5 Å². The fourth-order valence-corrected chi connectivity index (χ4v) is 2.19. The van der Waals surface area contributed by atoms with Crippen molar-refractivity contribution in [1.82, 2.24) is 4.98 Å². The Morgan fingerprint density at radius 2 is 1.90 bits per heavy atom. The minimum atomic E-state index is -4.79. The summed E-state index contributed by atoms with van der Waals surface area (Å²) in [5, 5.41) is 2.47. The number of hydrogen-bond donors (Lipinski definition) is 1. The maximum absolute atomic E-state index is 12.6. The van der Waals surface area contributed by atoms with E-state index in [0.29, 0.717) is 0 Å². The lowest BCUT2D eigenvalue weighted by molar-refractivity contribution is -0.137. The standard InChI is InChI=1S/C12H9F3N2O3S/c13-12(14,15)8-2-1-3-9(6-8)17-10-4-5-16-7-11(10)21(18,19)20/h1-7H,(H,16,17)(H,18,19,20)/p-1. The van der Waals surface area contributed by atoms with E-state index < -0.39 is 26.8 Å². The molecule has 2 rings (SSSR count). The maximum Gasteiger partial charge on any atom is 0.416 e. The summed E-state index contributed by atoms with van der Waals surface area (Å²) >= 11 is 0. The molecule has 1 aromatic heterocycles. The molecule has 0 aliphatic rings. The van der Waals surface area contributed by atoms with Crippen LogP contribution in [0.15, 0.2) is 47.6 Å². The third-order valence-electron chi connectivity index (χ3n) is 2.52. The molecule has 9 heteroatoms. The second-order valence-electron chi connectivity index (χ2n) is 4.03. The van der Waals surface area contributed by atoms with Gasteiger partial charge in [0.15, 0.2) is 0 Å². The number of rotatable bonds is 3. The first kappa shape index (κ1) is 15.3. The monoisotopic (exact) mass is 317 g/mol. The van der Waals surface area contributed by atoms with Crippen molar-refractivity contribution in [2.45, 2.75) is 11.1 Å². The van der Waals surface area contributed by atoms with Crippen LogP contribution in [0.5, 0.6) is 0 Å². The van der Waals surface area contributed by atoms with Gasteiger partial charge in [-0.1, -0.05) is 6.07 Å². The first-order valence-electron chi connectivity index (χ1n) is 5.52. The van der Waals surface area contributed by atoms with E-state index in [0.717, 1.165) is 24.4 Å². The molecule has 5 nitrogen and oxygen atoms in total. The zero-order chi connectivity index (χ0) is 15.7. The van der Waals surface area contributed by atoms with E-state index in [-0.39, 0.29) is 11.4 Å². The van der Waals surface area contributed by atoms with Crippen LogP contribution in [0, 0.1) is 0 Å². The maximum atomic E-state index is 12.6. The van der Waals surface area contributed by atoms with Crippen LogP contribution < -0.4 is 5.32 Å². The zero-order valence-electron chi connectivity index (χ0n) is 10.3. The topological polar surface area (TPSA) is 82.1 Å². The smallest absolute Gasteiger partial charge is 0.416 e. The van der Waals surface area contributed by atoms with Crippen LogP contribution in [0.25, 0.3) is 0 Å². The molecule has 0 aliphatic heterocycles. The van der Waals surface area contributed by atoms with Gasteiger partial charge < -0.3 is 9.87 Å². The first-order valence-corrected chi connectivity index (χ1v) is 6.93. The summed E-state index contributed by atoms with van der Waals surface area (Å²) in [6.07, 6.45) is -2.48. The van der Waals surface area contributed by atoms with Gasteiger partial charge in [0.2, 0.25) is 0 Å². The van der Waals surface area contributed by atoms with Crippen LogP contribution in [-0.2, 0) is 16.3 Å². The third-order valence-corrected chi connectivity index (χ3v) is 3.39. The van der Waals surface area contributed by atoms with Crippen molar-refractivity contribution in [2.24, 2.45) is 0 Å². The number of pyridine rings is 1. The average Bonchev–Trinajstić information content (AvgIpc) is 2.37. The van der Waals surface area contributed by atoms with Crippen LogP contribution in [0.1, 0.15) is 5.56 Å². The Bertz CT molecular complexity index is 760. The molecule has 21 heavy (non-hydrogen) atoms. The Labute approximate surface area is 118 Å². The van der Waals surface area contributed by atoms with Crippen molar-refractivity contribution in [2.75, 3.05) is 5.32 Å². The SMILES string of the molecule is O=S(=O)([O-])c1cnccc1Nc1cccc(C(F)(F)F)c1. The van der Waals surface area contributed by atoms with Gasteiger partial charge in [-0.2, -0.15) is 13.2 Å². The van der Waals surface area contributed by atoms with E-state index in [9.17, 15) is 26.1 Å². The Kier molecular flexibility index (Phi) is 3.88. The highest BCUT2D eigenvalue weighted by Gasteiger charge is 2.30. The fourth-order valence-electron chi connectivity index (χ4n) is 1.61. The summed E-state index contributed by atoms with van der Waals surface area (Å²) in [6.45, 7) is 0. The molecule has 1 heterocycles. The first-order chi connectivity index (χ1) is 9.68. The molecule has 0 amide bonds. The predicted molar refractivity (Wildman–Crippen MR) is 66.9 cm³/mol. The summed E-state index contributed by atoms with van der Waals surface area (Å²) in [5.41, 5.74) is -1.03. The number of benzene rings is 1. The van der Waals surface area contributed by atoms with Crippen molar-refractivity contribution < 1.29 is 26.1 Å². The summed E-state index contributed by atoms with van der Waals surface area (Å²) in [7, 11) is -4.79. The minimum absolute atomic E-state index is 0.000856. The summed E-state index contributed by atoms with van der Waals surface area (Å²) in [4.78, 5) is 2.87. The molecule has 112 valence electrons. The molecule has 0 bridgehead atoms. The van der Waals surface area contributed by atoms with E-state index in [2.05, 4.69) is 10.3 Å². The third kappa shape index (κ3) is 3.70. The van der Waals surface area contributed by atoms with Crippen molar-refractivity contribution in [1.29, 1.82) is 0 Å². The molecule has 2 aromatic rings. The second-order valence-corrected chi connectivity index (χ2v) is 5.38. The lowest BCUT2D eigenvalue weighted by Crippen LogP contribution is -2.07. The number of anilines is 2. The van der Waals surface area contributed by atoms with Gasteiger partial charge in [0.1, 0.15) is 10.1 Å². The highest BCUT2D eigenvalue weighted by molar-refractivity contribution is 7.86. The normalized spacial score (nSPS) is 12.2. The molecule has 1 aromatic carbocycles. The van der Waals surface area contributed by atoms with Crippen LogP contribution >= 0.6 is 0 Å². The highest BCUT2D eigenvalue weighted by atomic mass is 32.2. The average molecular weight is 317 g/mol. The fraction of sp³-hybridized carbons (Fsp3) is 0.0833. The molecule has 1 N–H and O–H groups in total. The summed E-state index contributed by atoms with van der Waals surface area (Å²) in [5.74, 6) is 0. The Morgan fingerprint density at radius 1 is 1.19 bits per heavy atom. The Hall–Kier alpha value is -2.13. The molecular formula is C12H8F3N2O3S-. The van der Waals surface area contributed by atoms with Crippen LogP contribution in [0.2, 0.25) is 0 Å². The molecule has 0 radical (unpaired) electrons. The van der Waals surface area contributed by atoms with Crippen molar-refractivity contribution in [3.05, 3.63) is 48.3 Å². The Balaban J connectivity index is 2.40. The van der Waals surface area contributed by atoms with Crippen LogP contribution in [0.3, 0.4) is 0 Å². The second kappa shape index (κ2) is 5.34. The number of nitrogens with one attached hydrogen (secondary N) is 1. The van der Waals surface area contributed by atoms with E-state index in [1.54, 1.807) is 0 Å². The van der Waals surface area contributed by atoms with Gasteiger partial charge in [-0.05, 0) is 24.3 Å². The lowest BCUT2D eigenvalue weighted by atomic mass is 10.2. The van der Waals surface area contributed by atoms with E-state index >= 15 is 0 Å². The lowest BCUT2D eigenvalue weighted by Gasteiger charge is -2.15. The van der Waals surface area contributed by atoms with Gasteiger partial charge in [0.25, 0.3) is 0 Å². The Morgan fingerprint density at radius 3 is 2.52 bits per heavy atom. The van der Waals surface area contributed by atoms with Crippen LogP contribution in [-0.4, -0.2) is 18.0 Å². The molecule has 0 unspecified atom stereocenters. The van der Waals surface area contributed by atoms with Gasteiger partial charge >= 0.3 is 6.18 Å². The number of hydrogen-bond acceptors (Lipinski definition) is 5. The highest BCUT2D eigenvalue weighted by Crippen LogP contribution is 2.32.